The van der Waals surface area contributed by atoms with Crippen LogP contribution in [0.15, 0.2) is 0 Å². The number of hydrogen-bond donors (Lipinski definition) is 0. The van der Waals surface area contributed by atoms with Gasteiger partial charge in [-0.15, -0.1) is 55.4 Å². The van der Waals surface area contributed by atoms with E-state index in [1.165, 1.54) is 19.3 Å². The van der Waals surface area contributed by atoms with Gasteiger partial charge in [-0.05, 0) is 18.1 Å². The first-order chi connectivity index (χ1) is 6.77. The minimum Gasteiger partial charge on any atom is -0.146 e. The predicted octanol–water partition coefficient (Wildman–Crippen LogP) is 6.14. The molecule has 0 aliphatic carbocycles. The van der Waals surface area contributed by atoms with Gasteiger partial charge in [0, 0.05) is 0 Å². The summed E-state index contributed by atoms with van der Waals surface area (Å²) in [4.78, 5) is 0. The molecule has 0 aromatic rings. The number of hydrogen-bond acceptors (Lipinski definition) is 0. The fraction of sp³-hybridized carbons (Fsp3) is 1.00. The summed E-state index contributed by atoms with van der Waals surface area (Å²) in [5, 5.41) is 0. The highest BCUT2D eigenvalue weighted by molar-refractivity contribution is 7.65. The monoisotopic (exact) mass is 344 g/mol. The van der Waals surface area contributed by atoms with Gasteiger partial charge in [-0.2, -0.15) is 0 Å². The first kappa shape index (κ1) is 16.9. The quantitative estimate of drug-likeness (QED) is 0.281. The molecule has 0 aliphatic rings. The largest absolute Gasteiger partial charge is 0.341 e. The van der Waals surface area contributed by atoms with Crippen LogP contribution in [-0.4, -0.2) is 12.7 Å². The molecule has 7 heteroatoms. The minimum absolute atomic E-state index is 0.588. The van der Waals surface area contributed by atoms with Gasteiger partial charge in [0.05, 0.1) is 0 Å². The van der Waals surface area contributed by atoms with Crippen LogP contribution in [0.3, 0.4) is 0 Å². The Kier molecular flexibility index (Phi) is 9.08. The molecule has 0 unspecified atom stereocenters. The van der Waals surface area contributed by atoms with Crippen LogP contribution >= 0.6 is 55.4 Å². The zero-order chi connectivity index (χ0) is 11.9. The van der Waals surface area contributed by atoms with E-state index in [2.05, 4.69) is 6.92 Å². The number of halogens is 5. The van der Waals surface area contributed by atoms with Crippen LogP contribution in [0.25, 0.3) is 0 Å². The number of unbranched alkanes of at least 4 members (excludes halogenated alkanes) is 3. The van der Waals surface area contributed by atoms with E-state index >= 15 is 0 Å². The Bertz CT molecular complexity index is 169. The Labute approximate surface area is 118 Å². The van der Waals surface area contributed by atoms with Gasteiger partial charge in [0.25, 0.3) is 6.69 Å². The maximum atomic E-state index is 6.27. The molecule has 0 rings (SSSR count). The molecule has 0 atom stereocenters. The number of rotatable bonds is 8. The lowest BCUT2D eigenvalue weighted by atomic mass is 10.2. The first-order valence-electron chi connectivity index (χ1n) is 5.21. The molecule has 0 bridgehead atoms. The van der Waals surface area contributed by atoms with Crippen LogP contribution in [0.1, 0.15) is 32.6 Å². The van der Waals surface area contributed by atoms with E-state index in [1.807, 2.05) is 0 Å². The summed E-state index contributed by atoms with van der Waals surface area (Å²) in [5.41, 5.74) is 0. The van der Waals surface area contributed by atoms with E-state index in [0.717, 1.165) is 12.5 Å². The Morgan fingerprint density at radius 1 is 0.733 bits per heavy atom. The summed E-state index contributed by atoms with van der Waals surface area (Å²) in [7, 11) is 0. The van der Waals surface area contributed by atoms with E-state index in [1.54, 1.807) is 0 Å². The average Bonchev–Trinajstić information content (AvgIpc) is 2.09. The molecule has 0 saturated heterocycles. The predicted molar refractivity (Wildman–Crippen MR) is 79.3 cm³/mol. The van der Waals surface area contributed by atoms with Gasteiger partial charge in [-0.25, -0.2) is 0 Å². The SMILES string of the molecule is CCCCCC[Si](Cl)(Cl)CC[Si](Cl)(Cl)Cl. The summed E-state index contributed by atoms with van der Waals surface area (Å²) in [6.45, 7) is 0.0438. The molecule has 0 spiro atoms. The van der Waals surface area contributed by atoms with Crippen molar-refractivity contribution < 1.29 is 0 Å². The Hall–Kier alpha value is 1.88. The van der Waals surface area contributed by atoms with Crippen molar-refractivity contribution in [3.8, 4) is 0 Å². The zero-order valence-corrected chi connectivity index (χ0v) is 14.6. The molecule has 0 fully saturated rings. The summed E-state index contributed by atoms with van der Waals surface area (Å²) in [6.07, 6.45) is 4.78. The second kappa shape index (κ2) is 8.07. The van der Waals surface area contributed by atoms with E-state index in [4.69, 9.17) is 55.4 Å². The van der Waals surface area contributed by atoms with Gasteiger partial charge < -0.3 is 0 Å². The van der Waals surface area contributed by atoms with Gasteiger partial charge in [-0.3, -0.25) is 0 Å². The second-order valence-electron chi connectivity index (χ2n) is 3.78. The van der Waals surface area contributed by atoms with Crippen LogP contribution in [-0.2, 0) is 0 Å². The smallest absolute Gasteiger partial charge is 0.146 e. The highest BCUT2D eigenvalue weighted by Gasteiger charge is 2.33. The van der Waals surface area contributed by atoms with Gasteiger partial charge in [0.2, 0.25) is 0 Å². The molecule has 0 nitrogen and oxygen atoms in total. The average molecular weight is 347 g/mol. The van der Waals surface area contributed by atoms with E-state index in [0.29, 0.717) is 12.1 Å². The third kappa shape index (κ3) is 12.1. The molecule has 0 radical (unpaired) electrons. The molecule has 92 valence electrons. The molecule has 0 N–H and O–H groups in total. The van der Waals surface area contributed by atoms with Gasteiger partial charge in [0.15, 0.2) is 0 Å². The van der Waals surface area contributed by atoms with Crippen LogP contribution in [0.4, 0.5) is 0 Å². The molecule has 0 saturated carbocycles. The molecule has 0 aromatic heterocycles. The molecule has 15 heavy (non-hydrogen) atoms. The first-order valence-corrected chi connectivity index (χ1v) is 14.9. The van der Waals surface area contributed by atoms with Gasteiger partial charge in [0.1, 0.15) is 0 Å². The highest BCUT2D eigenvalue weighted by atomic mass is 35.8. The maximum absolute atomic E-state index is 6.27. The van der Waals surface area contributed by atoms with Crippen molar-refractivity contribution in [2.75, 3.05) is 0 Å². The highest BCUT2D eigenvalue weighted by Crippen LogP contribution is 2.36. The van der Waals surface area contributed by atoms with Crippen molar-refractivity contribution in [2.24, 2.45) is 0 Å². The molecular weight excluding hydrogens is 330 g/mol. The molecule has 0 heterocycles. The van der Waals surface area contributed by atoms with Crippen molar-refractivity contribution in [3.63, 3.8) is 0 Å². The van der Waals surface area contributed by atoms with Crippen molar-refractivity contribution in [2.45, 2.75) is 50.7 Å². The van der Waals surface area contributed by atoms with Crippen molar-refractivity contribution >= 4 is 68.1 Å². The lowest BCUT2D eigenvalue weighted by Crippen LogP contribution is -2.22. The third-order valence-corrected chi connectivity index (χ3v) is 9.52. The molecule has 0 aromatic carbocycles. The summed E-state index contributed by atoms with van der Waals surface area (Å²) >= 11 is 29.9. The summed E-state index contributed by atoms with van der Waals surface area (Å²) in [6, 6.07) is -0.316. The van der Waals surface area contributed by atoms with Crippen LogP contribution in [0.5, 0.6) is 0 Å². The Balaban J connectivity index is 3.67. The molecule has 0 aliphatic heterocycles. The van der Waals surface area contributed by atoms with E-state index in [9.17, 15) is 0 Å². The van der Waals surface area contributed by atoms with Crippen molar-refractivity contribution in [1.82, 2.24) is 0 Å². The van der Waals surface area contributed by atoms with Gasteiger partial charge in [-0.1, -0.05) is 32.6 Å². The molecular formula is C8H17Cl5Si2. The summed E-state index contributed by atoms with van der Waals surface area (Å²) in [5.74, 6) is 0. The van der Waals surface area contributed by atoms with Crippen LogP contribution in [0, 0.1) is 0 Å². The van der Waals surface area contributed by atoms with Crippen molar-refractivity contribution in [1.29, 1.82) is 0 Å². The second-order valence-corrected chi connectivity index (χ2v) is 20.7. The zero-order valence-electron chi connectivity index (χ0n) is 8.84. The summed E-state index contributed by atoms with van der Waals surface area (Å²) < 4.78 is 0. The van der Waals surface area contributed by atoms with Crippen molar-refractivity contribution in [3.05, 3.63) is 0 Å². The van der Waals surface area contributed by atoms with E-state index in [-0.39, 0.29) is 0 Å². The van der Waals surface area contributed by atoms with Gasteiger partial charge >= 0.3 is 6.00 Å². The Morgan fingerprint density at radius 3 is 1.80 bits per heavy atom. The third-order valence-electron chi connectivity index (χ3n) is 2.17. The van der Waals surface area contributed by atoms with Crippen LogP contribution < -0.4 is 0 Å². The van der Waals surface area contributed by atoms with Crippen LogP contribution in [0.2, 0.25) is 18.1 Å². The lowest BCUT2D eigenvalue weighted by Gasteiger charge is -2.18. The topological polar surface area (TPSA) is 0 Å². The van der Waals surface area contributed by atoms with E-state index < -0.39 is 12.7 Å². The Morgan fingerprint density at radius 2 is 1.33 bits per heavy atom. The molecule has 0 amide bonds. The fourth-order valence-electron chi connectivity index (χ4n) is 1.26. The maximum Gasteiger partial charge on any atom is 0.341 e. The standard InChI is InChI=1S/C8H17Cl5Si2/c1-2-3-4-5-6-14(9,10)7-8-15(11,12)13/h2-8H2,1H3. The normalized spacial score (nSPS) is 13.2. The lowest BCUT2D eigenvalue weighted by molar-refractivity contribution is 0.698. The fourth-order valence-corrected chi connectivity index (χ4v) is 9.93. The minimum atomic E-state index is -2.54.